The van der Waals surface area contributed by atoms with Gasteiger partial charge in [0.05, 0.1) is 12.7 Å². The van der Waals surface area contributed by atoms with Gasteiger partial charge in [0.1, 0.15) is 0 Å². The Morgan fingerprint density at radius 2 is 2.06 bits per heavy atom. The average Bonchev–Trinajstić information content (AvgIpc) is 2.92. The van der Waals surface area contributed by atoms with E-state index in [1.165, 1.54) is 71.0 Å². The van der Waals surface area contributed by atoms with Crippen LogP contribution in [0.4, 0.5) is 0 Å². The van der Waals surface area contributed by atoms with E-state index < -0.39 is 0 Å². The van der Waals surface area contributed by atoms with Crippen LogP contribution in [0.25, 0.3) is 0 Å². The molecule has 3 fully saturated rings. The first-order valence-corrected chi connectivity index (χ1v) is 8.02. The first kappa shape index (κ1) is 12.9. The molecule has 0 bridgehead atoms. The maximum atomic E-state index is 5.94. The lowest BCUT2D eigenvalue weighted by atomic mass is 9.90. The number of hydrogen-bond donors (Lipinski definition) is 1. The van der Waals surface area contributed by atoms with Crippen molar-refractivity contribution in [2.75, 3.05) is 26.2 Å². The minimum atomic E-state index is 0.553. The summed E-state index contributed by atoms with van der Waals surface area (Å²) >= 11 is 0. The van der Waals surface area contributed by atoms with Crippen LogP contribution >= 0.6 is 0 Å². The normalized spacial score (nSPS) is 37.7. The van der Waals surface area contributed by atoms with Gasteiger partial charge in [0.2, 0.25) is 0 Å². The van der Waals surface area contributed by atoms with Crippen LogP contribution in [0.1, 0.15) is 51.4 Å². The molecule has 0 radical (unpaired) electrons. The summed E-state index contributed by atoms with van der Waals surface area (Å²) in [6.07, 6.45) is 11.5. The number of fused-ring (bicyclic) bond motifs is 1. The van der Waals surface area contributed by atoms with Crippen molar-refractivity contribution in [2.45, 2.75) is 69.6 Å². The van der Waals surface area contributed by atoms with Crippen molar-refractivity contribution in [3.8, 4) is 0 Å². The van der Waals surface area contributed by atoms with Crippen molar-refractivity contribution in [3.05, 3.63) is 0 Å². The largest absolute Gasteiger partial charge is 0.375 e. The van der Waals surface area contributed by atoms with Crippen molar-refractivity contribution in [1.82, 2.24) is 10.2 Å². The van der Waals surface area contributed by atoms with Gasteiger partial charge in [0.25, 0.3) is 0 Å². The zero-order valence-electron chi connectivity index (χ0n) is 11.6. The Balaban J connectivity index is 1.42. The van der Waals surface area contributed by atoms with Crippen molar-refractivity contribution < 1.29 is 4.74 Å². The topological polar surface area (TPSA) is 24.5 Å². The summed E-state index contributed by atoms with van der Waals surface area (Å²) in [4.78, 5) is 2.72. The molecular weight excluding hydrogens is 224 g/mol. The lowest BCUT2D eigenvalue weighted by Crippen LogP contribution is -2.52. The SMILES string of the molecule is C1CNC(CCCN2CCOC3CCCCC32)C1. The molecule has 104 valence electrons. The van der Waals surface area contributed by atoms with Crippen molar-refractivity contribution >= 4 is 0 Å². The second kappa shape index (κ2) is 6.36. The van der Waals surface area contributed by atoms with Gasteiger partial charge < -0.3 is 10.1 Å². The maximum Gasteiger partial charge on any atom is 0.0730 e. The van der Waals surface area contributed by atoms with Gasteiger partial charge in [-0.15, -0.1) is 0 Å². The van der Waals surface area contributed by atoms with E-state index in [0.717, 1.165) is 18.7 Å². The molecule has 3 nitrogen and oxygen atoms in total. The summed E-state index contributed by atoms with van der Waals surface area (Å²) in [5.74, 6) is 0. The summed E-state index contributed by atoms with van der Waals surface area (Å²) in [6.45, 7) is 4.66. The average molecular weight is 252 g/mol. The van der Waals surface area contributed by atoms with E-state index in [1.807, 2.05) is 0 Å². The molecule has 1 N–H and O–H groups in total. The summed E-state index contributed by atoms with van der Waals surface area (Å²) in [6, 6.07) is 1.55. The predicted octanol–water partition coefficient (Wildman–Crippen LogP) is 2.16. The van der Waals surface area contributed by atoms with Gasteiger partial charge in [-0.3, -0.25) is 4.90 Å². The van der Waals surface area contributed by atoms with Crippen LogP contribution in [-0.2, 0) is 4.74 Å². The van der Waals surface area contributed by atoms with Gasteiger partial charge in [-0.1, -0.05) is 12.8 Å². The first-order chi connectivity index (χ1) is 8.93. The summed E-state index contributed by atoms with van der Waals surface area (Å²) in [5, 5.41) is 3.61. The molecule has 3 heteroatoms. The third-order valence-electron chi connectivity index (χ3n) is 5.01. The minimum Gasteiger partial charge on any atom is -0.375 e. The van der Waals surface area contributed by atoms with Gasteiger partial charge in [0, 0.05) is 18.6 Å². The van der Waals surface area contributed by atoms with Crippen molar-refractivity contribution in [2.24, 2.45) is 0 Å². The lowest BCUT2D eigenvalue weighted by Gasteiger charge is -2.44. The van der Waals surface area contributed by atoms with Gasteiger partial charge in [-0.2, -0.15) is 0 Å². The fourth-order valence-electron chi connectivity index (χ4n) is 4.00. The zero-order valence-corrected chi connectivity index (χ0v) is 11.6. The summed E-state index contributed by atoms with van der Waals surface area (Å²) in [5.41, 5.74) is 0. The predicted molar refractivity (Wildman–Crippen MR) is 73.8 cm³/mol. The molecule has 3 atom stereocenters. The van der Waals surface area contributed by atoms with Crippen LogP contribution < -0.4 is 5.32 Å². The van der Waals surface area contributed by atoms with Gasteiger partial charge >= 0.3 is 0 Å². The van der Waals surface area contributed by atoms with Crippen molar-refractivity contribution in [1.29, 1.82) is 0 Å². The van der Waals surface area contributed by atoms with E-state index in [4.69, 9.17) is 4.74 Å². The van der Waals surface area contributed by atoms with E-state index in [2.05, 4.69) is 10.2 Å². The molecule has 0 amide bonds. The lowest BCUT2D eigenvalue weighted by molar-refractivity contribution is -0.0883. The molecule has 0 aromatic heterocycles. The molecule has 3 aliphatic rings. The van der Waals surface area contributed by atoms with Crippen LogP contribution in [0.5, 0.6) is 0 Å². The van der Waals surface area contributed by atoms with E-state index in [-0.39, 0.29) is 0 Å². The fraction of sp³-hybridized carbons (Fsp3) is 1.00. The van der Waals surface area contributed by atoms with Gasteiger partial charge in [-0.05, 0) is 51.6 Å². The minimum absolute atomic E-state index is 0.553. The highest BCUT2D eigenvalue weighted by Crippen LogP contribution is 2.28. The number of rotatable bonds is 4. The molecule has 2 saturated heterocycles. The molecule has 0 aromatic carbocycles. The number of hydrogen-bond acceptors (Lipinski definition) is 3. The Kier molecular flexibility index (Phi) is 4.55. The Morgan fingerprint density at radius 3 is 2.94 bits per heavy atom. The molecule has 0 aromatic rings. The summed E-state index contributed by atoms with van der Waals surface area (Å²) < 4.78 is 5.94. The highest BCUT2D eigenvalue weighted by atomic mass is 16.5. The number of nitrogens with one attached hydrogen (secondary N) is 1. The second-order valence-corrected chi connectivity index (χ2v) is 6.23. The first-order valence-electron chi connectivity index (χ1n) is 8.02. The standard InChI is InChI=1S/C15H28N2O/c1-2-8-15-14(7-1)17(11-12-18-15)10-4-6-13-5-3-9-16-13/h13-16H,1-12H2. The molecule has 3 rings (SSSR count). The molecule has 2 aliphatic heterocycles. The molecule has 1 aliphatic carbocycles. The molecule has 18 heavy (non-hydrogen) atoms. The van der Waals surface area contributed by atoms with E-state index in [1.54, 1.807) is 0 Å². The fourth-order valence-corrected chi connectivity index (χ4v) is 4.00. The van der Waals surface area contributed by atoms with E-state index in [0.29, 0.717) is 6.10 Å². The van der Waals surface area contributed by atoms with Crippen LogP contribution in [0.2, 0.25) is 0 Å². The summed E-state index contributed by atoms with van der Waals surface area (Å²) in [7, 11) is 0. The third kappa shape index (κ3) is 3.06. The van der Waals surface area contributed by atoms with Gasteiger partial charge in [-0.25, -0.2) is 0 Å². The highest BCUT2D eigenvalue weighted by Gasteiger charge is 2.33. The van der Waals surface area contributed by atoms with Crippen LogP contribution in [0.15, 0.2) is 0 Å². The highest BCUT2D eigenvalue weighted by molar-refractivity contribution is 4.87. The zero-order chi connectivity index (χ0) is 12.2. The van der Waals surface area contributed by atoms with Gasteiger partial charge in [0.15, 0.2) is 0 Å². The molecule has 2 heterocycles. The Bertz CT molecular complexity index is 251. The smallest absolute Gasteiger partial charge is 0.0730 e. The Morgan fingerprint density at radius 1 is 1.11 bits per heavy atom. The van der Waals surface area contributed by atoms with Crippen LogP contribution in [-0.4, -0.2) is 49.3 Å². The van der Waals surface area contributed by atoms with Crippen molar-refractivity contribution in [3.63, 3.8) is 0 Å². The van der Waals surface area contributed by atoms with E-state index in [9.17, 15) is 0 Å². The van der Waals surface area contributed by atoms with E-state index >= 15 is 0 Å². The van der Waals surface area contributed by atoms with Crippen LogP contribution in [0, 0.1) is 0 Å². The molecule has 1 saturated carbocycles. The van der Waals surface area contributed by atoms with Crippen LogP contribution in [0.3, 0.4) is 0 Å². The third-order valence-corrected chi connectivity index (χ3v) is 5.01. The number of nitrogens with zero attached hydrogens (tertiary/aromatic N) is 1. The number of morpholine rings is 1. The maximum absolute atomic E-state index is 5.94. The molecule has 0 spiro atoms. The monoisotopic (exact) mass is 252 g/mol. The molecular formula is C15H28N2O. The second-order valence-electron chi connectivity index (χ2n) is 6.23. The Hall–Kier alpha value is -0.120. The number of ether oxygens (including phenoxy) is 1. The quantitative estimate of drug-likeness (QED) is 0.830. The molecule has 3 unspecified atom stereocenters. The Labute approximate surface area is 111 Å².